The van der Waals surface area contributed by atoms with Gasteiger partial charge in [0.2, 0.25) is 17.2 Å². The fourth-order valence-electron chi connectivity index (χ4n) is 6.24. The molecule has 5 aromatic carbocycles. The van der Waals surface area contributed by atoms with Gasteiger partial charge in [0.1, 0.15) is 44.2 Å². The second-order valence-corrected chi connectivity index (χ2v) is 23.6. The molecule has 0 bridgehead atoms. The van der Waals surface area contributed by atoms with Gasteiger partial charge in [0, 0.05) is 28.2 Å². The maximum atomic E-state index is 13.0. The van der Waals surface area contributed by atoms with Gasteiger partial charge in [0.15, 0.2) is 15.6 Å². The molecule has 390 valence electrons. The van der Waals surface area contributed by atoms with Gasteiger partial charge in [-0.25, -0.2) is 12.6 Å². The van der Waals surface area contributed by atoms with Crippen LogP contribution in [0.2, 0.25) is 5.28 Å². The molecule has 0 fully saturated rings. The van der Waals surface area contributed by atoms with Gasteiger partial charge in [0.25, 0.3) is 40.5 Å². The summed E-state index contributed by atoms with van der Waals surface area (Å²) in [6.45, 7) is 0.317. The van der Waals surface area contributed by atoms with E-state index < -0.39 is 132 Å². The number of aromatic hydroxyl groups is 1. The quantitative estimate of drug-likeness (QED) is 0.0331. The lowest BCUT2D eigenvalue weighted by atomic mass is 10.1. The number of phenolic OH excluding ortho intramolecular Hbond substituents is 1. The minimum Gasteiger partial charge on any atom is -0.505 e. The summed E-state index contributed by atoms with van der Waals surface area (Å²) in [7, 11) is -28.1. The molecular weight excluding hydrogens is 1120 g/mol. The molecule has 30 nitrogen and oxygen atoms in total. The monoisotopic (exact) mass is 1150 g/mol. The number of hydrogen-bond donors (Lipinski definition) is 9. The molecule has 0 saturated heterocycles. The number of anilines is 5. The fourth-order valence-corrected chi connectivity index (χ4v) is 10.2. The number of hydrogen-bond acceptors (Lipinski definition) is 25. The molecule has 9 N–H and O–H groups in total. The molecule has 73 heavy (non-hydrogen) atoms. The van der Waals surface area contributed by atoms with Gasteiger partial charge in [-0.1, -0.05) is 0 Å². The summed E-state index contributed by atoms with van der Waals surface area (Å²) in [5, 5.41) is 33.7. The third kappa shape index (κ3) is 14.3. The first-order chi connectivity index (χ1) is 33.7. The van der Waals surface area contributed by atoms with Crippen LogP contribution in [0.15, 0.2) is 113 Å². The number of aryl methyl sites for hydroxylation is 1. The van der Waals surface area contributed by atoms with E-state index in [1.54, 1.807) is 0 Å². The highest BCUT2D eigenvalue weighted by Gasteiger charge is 2.27. The third-order valence-corrected chi connectivity index (χ3v) is 14.9. The fraction of sp³-hybridized carbons (Fsp3) is 0.139. The molecule has 6 aromatic rings. The van der Waals surface area contributed by atoms with Crippen LogP contribution >= 0.6 is 11.6 Å². The van der Waals surface area contributed by atoms with E-state index in [2.05, 4.69) is 55.5 Å². The Morgan fingerprint density at radius 2 is 1.21 bits per heavy atom. The average Bonchev–Trinajstić information content (AvgIpc) is 3.25. The Bertz CT molecular complexity index is 3960. The van der Waals surface area contributed by atoms with Crippen molar-refractivity contribution in [3.63, 3.8) is 0 Å². The van der Waals surface area contributed by atoms with Crippen molar-refractivity contribution in [2.45, 2.75) is 26.5 Å². The summed E-state index contributed by atoms with van der Waals surface area (Å²) in [5.41, 5.74) is -2.81. The molecule has 37 heteroatoms. The number of sulfone groups is 1. The Labute approximate surface area is 418 Å². The number of ether oxygens (including phenoxy) is 1. The van der Waals surface area contributed by atoms with Crippen molar-refractivity contribution in [1.82, 2.24) is 15.0 Å². The number of nitrogens with one attached hydrogen (secondary N) is 3. The van der Waals surface area contributed by atoms with Crippen LogP contribution in [0.4, 0.5) is 51.7 Å². The SMILES string of the molecule is COc1cc(S(=O)(=O)CCOS(=O)(=O)O)c(C)cc1/N=N/c1c(S(=O)(=O)O)cc2c(/N=N/c3cc(Nc4nc(Cl)nc(Nc5ccc(S(=O)(=O)O)cc5)n4)ccc3S(=O)(=O)O)c(NCS(=O)(=O)O)ccc2c1O. The number of aromatic nitrogens is 3. The first-order valence-corrected chi connectivity index (χ1v) is 28.6. The zero-order chi connectivity index (χ0) is 54.1. The maximum absolute atomic E-state index is 13.0. The van der Waals surface area contributed by atoms with Crippen molar-refractivity contribution in [2.24, 2.45) is 20.5 Å². The van der Waals surface area contributed by atoms with Crippen molar-refractivity contribution < 1.29 is 87.3 Å². The molecule has 6 rings (SSSR count). The lowest BCUT2D eigenvalue weighted by Gasteiger charge is -2.14. The van der Waals surface area contributed by atoms with Gasteiger partial charge in [-0.15, -0.1) is 20.5 Å². The van der Waals surface area contributed by atoms with Crippen LogP contribution in [-0.4, -0.2) is 119 Å². The first-order valence-electron chi connectivity index (χ1n) is 19.2. The number of azo groups is 2. The number of rotatable bonds is 20. The topological polar surface area (TPSA) is 469 Å². The van der Waals surface area contributed by atoms with Gasteiger partial charge >= 0.3 is 10.4 Å². The summed E-state index contributed by atoms with van der Waals surface area (Å²) in [6.07, 6.45) is 0. The number of fused-ring (bicyclic) bond motifs is 1. The van der Waals surface area contributed by atoms with E-state index >= 15 is 0 Å². The largest absolute Gasteiger partial charge is 0.505 e. The minimum atomic E-state index is -5.45. The molecular formula is C36H33ClN10O20S6. The van der Waals surface area contributed by atoms with E-state index in [0.29, 0.717) is 6.07 Å². The summed E-state index contributed by atoms with van der Waals surface area (Å²) in [4.78, 5) is 9.06. The van der Waals surface area contributed by atoms with Crippen molar-refractivity contribution in [3.8, 4) is 11.5 Å². The number of nitrogens with zero attached hydrogens (tertiary/aromatic N) is 7. The van der Waals surface area contributed by atoms with Crippen molar-refractivity contribution in [3.05, 3.63) is 83.6 Å². The Morgan fingerprint density at radius 3 is 1.78 bits per heavy atom. The summed E-state index contributed by atoms with van der Waals surface area (Å²) in [5.74, 6) is -4.03. The lowest BCUT2D eigenvalue weighted by molar-refractivity contribution is 0.283. The summed E-state index contributed by atoms with van der Waals surface area (Å²) in [6, 6.07) is 12.4. The van der Waals surface area contributed by atoms with Gasteiger partial charge in [0.05, 0.1) is 34.9 Å². The predicted molar refractivity (Wildman–Crippen MR) is 255 cm³/mol. The first kappa shape index (κ1) is 55.6. The molecule has 0 atom stereocenters. The Hall–Kier alpha value is -6.68. The molecule has 0 radical (unpaired) electrons. The highest BCUT2D eigenvalue weighted by molar-refractivity contribution is 7.91. The third-order valence-electron chi connectivity index (χ3n) is 9.35. The van der Waals surface area contributed by atoms with Gasteiger partial charge in [-0.2, -0.15) is 57.0 Å². The Kier molecular flexibility index (Phi) is 16.0. The number of phenols is 1. The molecule has 0 spiro atoms. The van der Waals surface area contributed by atoms with Crippen molar-refractivity contribution >= 4 is 135 Å². The van der Waals surface area contributed by atoms with E-state index in [0.717, 1.165) is 61.7 Å². The number of benzene rings is 5. The van der Waals surface area contributed by atoms with E-state index in [4.69, 9.17) is 20.9 Å². The molecule has 1 aromatic heterocycles. The smallest absolute Gasteiger partial charge is 0.397 e. The van der Waals surface area contributed by atoms with Crippen LogP contribution in [-0.2, 0) is 64.9 Å². The average molecular weight is 1150 g/mol. The summed E-state index contributed by atoms with van der Waals surface area (Å²) < 4.78 is 203. The highest BCUT2D eigenvalue weighted by Crippen LogP contribution is 2.47. The van der Waals surface area contributed by atoms with Gasteiger partial charge in [-0.05, 0) is 90.8 Å². The number of halogens is 1. The van der Waals surface area contributed by atoms with E-state index in [9.17, 15) is 73.8 Å². The zero-order valence-corrected chi connectivity index (χ0v) is 42.1. The lowest BCUT2D eigenvalue weighted by Crippen LogP contribution is -2.16. The second kappa shape index (κ2) is 21.0. The molecule has 1 heterocycles. The normalized spacial score (nSPS) is 12.9. The molecule has 0 aliphatic carbocycles. The van der Waals surface area contributed by atoms with E-state index in [1.807, 2.05) is 0 Å². The predicted octanol–water partition coefficient (Wildman–Crippen LogP) is 5.61. The van der Waals surface area contributed by atoms with E-state index in [-0.39, 0.29) is 51.3 Å². The summed E-state index contributed by atoms with van der Waals surface area (Å²) >= 11 is 6.10. The van der Waals surface area contributed by atoms with Crippen LogP contribution < -0.4 is 20.7 Å². The maximum Gasteiger partial charge on any atom is 0.397 e. The minimum absolute atomic E-state index is 0.0407. The van der Waals surface area contributed by atoms with Gasteiger partial charge in [-0.3, -0.25) is 22.8 Å². The highest BCUT2D eigenvalue weighted by atomic mass is 35.5. The molecule has 0 aliphatic heterocycles. The van der Waals surface area contributed by atoms with E-state index in [1.165, 1.54) is 19.1 Å². The van der Waals surface area contributed by atoms with Crippen molar-refractivity contribution in [1.29, 1.82) is 0 Å². The molecule has 0 amide bonds. The van der Waals surface area contributed by atoms with Gasteiger partial charge < -0.3 is 25.8 Å². The molecule has 0 unspecified atom stereocenters. The Balaban J connectivity index is 1.44. The van der Waals surface area contributed by atoms with Crippen LogP contribution in [0, 0.1) is 6.92 Å². The zero-order valence-electron chi connectivity index (χ0n) is 36.4. The number of methoxy groups -OCH3 is 1. The Morgan fingerprint density at radius 1 is 0.616 bits per heavy atom. The molecule has 0 saturated carbocycles. The molecule has 0 aliphatic rings. The standard InChI is InChI=1S/C36H33ClN10O20S6/c1-18-13-25(27(66-2)16-29(18)68(49,50)12-11-67-73(63,64)65)44-47-32-30(72(60,61)62)15-23-22(33(32)48)8-9-24(38-17-69(51,52)53)31(23)46-45-26-14-20(5-10-28(26)71(57,58)59)40-36-42-34(37)41-35(43-36)39-19-3-6-21(7-4-19)70(54,55)56/h3-10,13-16,38,48H,11-12,17H2,1-2H3,(H,51,52,53)(H,54,55,56)(H,57,58,59)(H,60,61,62)(H,63,64,65)(H2,39,40,41,42,43)/b46-45+,47-44+. The second-order valence-electron chi connectivity index (χ2n) is 14.4. The van der Waals surface area contributed by atoms with Crippen LogP contribution in [0.25, 0.3) is 10.8 Å². The van der Waals surface area contributed by atoms with Crippen LogP contribution in [0.3, 0.4) is 0 Å². The van der Waals surface area contributed by atoms with Crippen molar-refractivity contribution in [2.75, 3.05) is 41.3 Å². The van der Waals surface area contributed by atoms with Crippen LogP contribution in [0.1, 0.15) is 5.56 Å². The van der Waals surface area contributed by atoms with Crippen LogP contribution in [0.5, 0.6) is 11.5 Å².